The first kappa shape index (κ1) is 21.9. The molecule has 0 aromatic heterocycles. The summed E-state index contributed by atoms with van der Waals surface area (Å²) in [6.45, 7) is 1.92. The molecule has 6 heteroatoms. The Morgan fingerprint density at radius 1 is 0.871 bits per heavy atom. The van der Waals surface area contributed by atoms with Crippen LogP contribution in [0.1, 0.15) is 34.5 Å². The molecule has 2 amide bonds. The van der Waals surface area contributed by atoms with Crippen molar-refractivity contribution in [3.8, 4) is 0 Å². The van der Waals surface area contributed by atoms with Gasteiger partial charge in [0.25, 0.3) is 5.91 Å². The number of para-hydroxylation sites is 1. The first-order chi connectivity index (χ1) is 15.0. The van der Waals surface area contributed by atoms with Gasteiger partial charge in [0, 0.05) is 6.08 Å². The quantitative estimate of drug-likeness (QED) is 0.392. The maximum atomic E-state index is 12.8. The van der Waals surface area contributed by atoms with Crippen LogP contribution in [0.25, 0.3) is 6.08 Å². The zero-order chi connectivity index (χ0) is 22.1. The molecular formula is C25H23N3O2S. The van der Waals surface area contributed by atoms with E-state index in [-0.39, 0.29) is 23.0 Å². The summed E-state index contributed by atoms with van der Waals surface area (Å²) in [5, 5.41) is 8.63. The maximum absolute atomic E-state index is 12.8. The third kappa shape index (κ3) is 6.62. The van der Waals surface area contributed by atoms with E-state index in [0.29, 0.717) is 11.3 Å². The number of hydrogen-bond acceptors (Lipinski definition) is 3. The van der Waals surface area contributed by atoms with Gasteiger partial charge in [-0.3, -0.25) is 14.9 Å². The van der Waals surface area contributed by atoms with Crippen LogP contribution in [0, 0.1) is 0 Å². The zero-order valence-corrected chi connectivity index (χ0v) is 17.9. The molecule has 0 saturated carbocycles. The third-order valence-electron chi connectivity index (χ3n) is 4.53. The molecule has 0 aliphatic rings. The van der Waals surface area contributed by atoms with Gasteiger partial charge in [-0.1, -0.05) is 72.8 Å². The van der Waals surface area contributed by atoms with Gasteiger partial charge in [-0.25, -0.2) is 0 Å². The number of anilines is 1. The minimum absolute atomic E-state index is 0.110. The molecule has 0 radical (unpaired) electrons. The standard InChI is InChI=1S/C25H23N3O2S/c1-18(20-12-6-3-7-13-20)26-24(30)21-14-8-9-15-22(21)27-25(31)28-23(29)17-16-19-10-4-2-5-11-19/h2-18H,1H3,(H,26,30)(H2,27,28,29,31)/b17-16+. The first-order valence-electron chi connectivity index (χ1n) is 9.83. The molecule has 0 fully saturated rings. The molecule has 3 aromatic rings. The molecule has 0 aliphatic carbocycles. The Balaban J connectivity index is 1.61. The van der Waals surface area contributed by atoms with E-state index < -0.39 is 0 Å². The molecule has 0 aliphatic heterocycles. The van der Waals surface area contributed by atoms with Gasteiger partial charge in [0.2, 0.25) is 5.91 Å². The fraction of sp³-hybridized carbons (Fsp3) is 0.0800. The van der Waals surface area contributed by atoms with E-state index in [1.165, 1.54) is 6.08 Å². The highest BCUT2D eigenvalue weighted by Crippen LogP contribution is 2.18. The molecule has 0 heterocycles. The van der Waals surface area contributed by atoms with Crippen molar-refractivity contribution in [1.29, 1.82) is 0 Å². The molecule has 31 heavy (non-hydrogen) atoms. The SMILES string of the molecule is CC(NC(=O)c1ccccc1NC(=S)NC(=O)/C=C/c1ccccc1)c1ccccc1. The minimum atomic E-state index is -0.360. The smallest absolute Gasteiger partial charge is 0.253 e. The molecule has 3 aromatic carbocycles. The van der Waals surface area contributed by atoms with Gasteiger partial charge in [0.1, 0.15) is 0 Å². The number of nitrogens with one attached hydrogen (secondary N) is 3. The summed E-state index contributed by atoms with van der Waals surface area (Å²) >= 11 is 5.25. The second-order valence-corrected chi connectivity index (χ2v) is 7.25. The Morgan fingerprint density at radius 3 is 2.19 bits per heavy atom. The van der Waals surface area contributed by atoms with Crippen molar-refractivity contribution in [1.82, 2.24) is 10.6 Å². The lowest BCUT2D eigenvalue weighted by molar-refractivity contribution is -0.115. The summed E-state index contributed by atoms with van der Waals surface area (Å²) in [6, 6.07) is 26.1. The van der Waals surface area contributed by atoms with E-state index in [1.54, 1.807) is 30.3 Å². The number of amides is 2. The predicted molar refractivity (Wildman–Crippen MR) is 129 cm³/mol. The van der Waals surface area contributed by atoms with Crippen molar-refractivity contribution >= 4 is 40.9 Å². The average molecular weight is 430 g/mol. The van der Waals surface area contributed by atoms with Crippen molar-refractivity contribution in [2.75, 3.05) is 5.32 Å². The topological polar surface area (TPSA) is 70.2 Å². The number of hydrogen-bond donors (Lipinski definition) is 3. The van der Waals surface area contributed by atoms with Crippen LogP contribution in [0.4, 0.5) is 5.69 Å². The van der Waals surface area contributed by atoms with Crippen LogP contribution in [0.15, 0.2) is 91.0 Å². The van der Waals surface area contributed by atoms with Crippen molar-refractivity contribution in [3.63, 3.8) is 0 Å². The molecule has 5 nitrogen and oxygen atoms in total. The molecule has 0 bridgehead atoms. The lowest BCUT2D eigenvalue weighted by Gasteiger charge is -2.17. The largest absolute Gasteiger partial charge is 0.345 e. The van der Waals surface area contributed by atoms with Crippen LogP contribution >= 0.6 is 12.2 Å². The van der Waals surface area contributed by atoms with Gasteiger partial charge in [-0.2, -0.15) is 0 Å². The molecule has 0 saturated heterocycles. The monoisotopic (exact) mass is 429 g/mol. The fourth-order valence-electron chi connectivity index (χ4n) is 2.93. The van der Waals surface area contributed by atoms with Crippen molar-refractivity contribution in [3.05, 3.63) is 108 Å². The summed E-state index contributed by atoms with van der Waals surface area (Å²) in [6.07, 6.45) is 3.10. The number of carbonyl (C=O) groups excluding carboxylic acids is 2. The summed E-state index contributed by atoms with van der Waals surface area (Å²) < 4.78 is 0. The van der Waals surface area contributed by atoms with Crippen LogP contribution in [-0.4, -0.2) is 16.9 Å². The Morgan fingerprint density at radius 2 is 1.48 bits per heavy atom. The van der Waals surface area contributed by atoms with Crippen molar-refractivity contribution in [2.24, 2.45) is 0 Å². The van der Waals surface area contributed by atoms with E-state index >= 15 is 0 Å². The van der Waals surface area contributed by atoms with Crippen molar-refractivity contribution in [2.45, 2.75) is 13.0 Å². The van der Waals surface area contributed by atoms with Gasteiger partial charge >= 0.3 is 0 Å². The van der Waals surface area contributed by atoms with Crippen LogP contribution in [0.2, 0.25) is 0 Å². The highest BCUT2D eigenvalue weighted by molar-refractivity contribution is 7.80. The summed E-state index contributed by atoms with van der Waals surface area (Å²) in [5.74, 6) is -0.599. The van der Waals surface area contributed by atoms with E-state index in [4.69, 9.17) is 12.2 Å². The Bertz CT molecular complexity index is 1080. The molecule has 1 unspecified atom stereocenters. The highest BCUT2D eigenvalue weighted by atomic mass is 32.1. The van der Waals surface area contributed by atoms with Gasteiger partial charge in [0.05, 0.1) is 17.3 Å². The van der Waals surface area contributed by atoms with Crippen LogP contribution in [-0.2, 0) is 4.79 Å². The van der Waals surface area contributed by atoms with Gasteiger partial charge in [0.15, 0.2) is 5.11 Å². The van der Waals surface area contributed by atoms with Gasteiger partial charge < -0.3 is 10.6 Å². The van der Waals surface area contributed by atoms with Crippen LogP contribution in [0.5, 0.6) is 0 Å². The van der Waals surface area contributed by atoms with E-state index in [0.717, 1.165) is 11.1 Å². The molecule has 0 spiro atoms. The van der Waals surface area contributed by atoms with E-state index in [1.807, 2.05) is 67.6 Å². The number of carbonyl (C=O) groups is 2. The van der Waals surface area contributed by atoms with E-state index in [9.17, 15) is 9.59 Å². The van der Waals surface area contributed by atoms with Crippen LogP contribution in [0.3, 0.4) is 0 Å². The summed E-state index contributed by atoms with van der Waals surface area (Å²) in [7, 11) is 0. The summed E-state index contributed by atoms with van der Waals surface area (Å²) in [4.78, 5) is 25.0. The Labute approximate surface area is 187 Å². The Kier molecular flexibility index (Phi) is 7.67. The molecule has 1 atom stereocenters. The number of benzene rings is 3. The number of thiocarbonyl (C=S) groups is 1. The third-order valence-corrected chi connectivity index (χ3v) is 4.73. The molecule has 156 valence electrons. The summed E-state index contributed by atoms with van der Waals surface area (Å²) in [5.41, 5.74) is 2.86. The maximum Gasteiger partial charge on any atom is 0.253 e. The predicted octanol–water partition coefficient (Wildman–Crippen LogP) is 4.70. The normalized spacial score (nSPS) is 11.5. The highest BCUT2D eigenvalue weighted by Gasteiger charge is 2.15. The van der Waals surface area contributed by atoms with Gasteiger partial charge in [-0.15, -0.1) is 0 Å². The average Bonchev–Trinajstić information content (AvgIpc) is 2.79. The zero-order valence-electron chi connectivity index (χ0n) is 17.0. The lowest BCUT2D eigenvalue weighted by Crippen LogP contribution is -2.34. The van der Waals surface area contributed by atoms with Crippen molar-refractivity contribution < 1.29 is 9.59 Å². The molecule has 3 rings (SSSR count). The van der Waals surface area contributed by atoms with Gasteiger partial charge in [-0.05, 0) is 48.5 Å². The number of rotatable bonds is 6. The van der Waals surface area contributed by atoms with Crippen LogP contribution < -0.4 is 16.0 Å². The fourth-order valence-corrected chi connectivity index (χ4v) is 3.14. The molecular weight excluding hydrogens is 406 g/mol. The van der Waals surface area contributed by atoms with E-state index in [2.05, 4.69) is 16.0 Å². The molecule has 3 N–H and O–H groups in total. The second kappa shape index (κ2) is 10.8. The first-order valence-corrected chi connectivity index (χ1v) is 10.2. The Hall–Kier alpha value is -3.77. The second-order valence-electron chi connectivity index (χ2n) is 6.84. The minimum Gasteiger partial charge on any atom is -0.345 e. The lowest BCUT2D eigenvalue weighted by atomic mass is 10.1.